The molecule has 0 fully saturated rings. The average Bonchev–Trinajstić information content (AvgIpc) is 2.45. The van der Waals surface area contributed by atoms with Gasteiger partial charge in [-0.1, -0.05) is 43.3 Å². The van der Waals surface area contributed by atoms with Crippen LogP contribution in [0.4, 0.5) is 11.4 Å². The number of nitrogens with zero attached hydrogens (tertiary/aromatic N) is 1. The van der Waals surface area contributed by atoms with E-state index in [-0.39, 0.29) is 0 Å². The number of hydrogen-bond acceptors (Lipinski definition) is 2. The van der Waals surface area contributed by atoms with Gasteiger partial charge in [0.2, 0.25) is 0 Å². The fourth-order valence-corrected chi connectivity index (χ4v) is 2.55. The summed E-state index contributed by atoms with van der Waals surface area (Å²) in [6.45, 7) is 5.27. The summed E-state index contributed by atoms with van der Waals surface area (Å²) in [4.78, 5) is 2.25. The normalized spacial score (nSPS) is 10.6. The van der Waals surface area contributed by atoms with Crippen LogP contribution in [0.2, 0.25) is 0 Å². The molecule has 0 unspecified atom stereocenters. The summed E-state index contributed by atoms with van der Waals surface area (Å²) in [7, 11) is 2.11. The first-order chi connectivity index (χ1) is 9.61. The third-order valence-electron chi connectivity index (χ3n) is 3.82. The van der Waals surface area contributed by atoms with E-state index < -0.39 is 0 Å². The zero-order valence-corrected chi connectivity index (χ0v) is 12.7. The number of para-hydroxylation sites is 1. The molecule has 0 aliphatic heterocycles. The Morgan fingerprint density at radius 1 is 1.00 bits per heavy atom. The zero-order valence-electron chi connectivity index (χ0n) is 12.7. The van der Waals surface area contributed by atoms with Crippen LogP contribution in [0.5, 0.6) is 0 Å². The molecular weight excluding hydrogens is 244 g/mol. The molecule has 20 heavy (non-hydrogen) atoms. The number of aryl methyl sites for hydroxylation is 2. The van der Waals surface area contributed by atoms with Crippen molar-refractivity contribution in [1.29, 1.82) is 0 Å². The minimum atomic E-state index is 0.855. The summed E-state index contributed by atoms with van der Waals surface area (Å²) in [5, 5.41) is 0. The number of hydrogen-bond donors (Lipinski definition) is 1. The first kappa shape index (κ1) is 14.4. The van der Waals surface area contributed by atoms with Crippen molar-refractivity contribution in [2.45, 2.75) is 26.7 Å². The van der Waals surface area contributed by atoms with Crippen molar-refractivity contribution in [2.75, 3.05) is 24.2 Å². The topological polar surface area (TPSA) is 29.3 Å². The Balaban J connectivity index is 2.02. The van der Waals surface area contributed by atoms with Gasteiger partial charge in [0.1, 0.15) is 0 Å². The molecule has 0 saturated carbocycles. The van der Waals surface area contributed by atoms with Crippen LogP contribution in [0.3, 0.4) is 0 Å². The number of likely N-dealkylation sites (N-methyl/N-ethyl adjacent to an activating group) is 1. The van der Waals surface area contributed by atoms with Crippen LogP contribution in [0.1, 0.15) is 23.6 Å². The van der Waals surface area contributed by atoms with Gasteiger partial charge in [-0.3, -0.25) is 0 Å². The van der Waals surface area contributed by atoms with Gasteiger partial charge >= 0.3 is 0 Å². The quantitative estimate of drug-likeness (QED) is 0.835. The average molecular weight is 268 g/mol. The lowest BCUT2D eigenvalue weighted by Crippen LogP contribution is -2.22. The Labute approximate surface area is 122 Å². The molecule has 0 atom stereocenters. The lowest BCUT2D eigenvalue weighted by molar-refractivity contribution is 0.873. The van der Waals surface area contributed by atoms with E-state index in [1.54, 1.807) is 0 Å². The van der Waals surface area contributed by atoms with Crippen LogP contribution in [-0.2, 0) is 12.8 Å². The fourth-order valence-electron chi connectivity index (χ4n) is 2.55. The Bertz CT molecular complexity index is 538. The molecule has 0 heterocycles. The van der Waals surface area contributed by atoms with Crippen molar-refractivity contribution in [3.63, 3.8) is 0 Å². The van der Waals surface area contributed by atoms with E-state index in [0.717, 1.165) is 30.8 Å². The Kier molecular flexibility index (Phi) is 4.67. The van der Waals surface area contributed by atoms with E-state index >= 15 is 0 Å². The summed E-state index contributed by atoms with van der Waals surface area (Å²) >= 11 is 0. The molecule has 0 spiro atoms. The van der Waals surface area contributed by atoms with Crippen molar-refractivity contribution in [1.82, 2.24) is 0 Å². The maximum absolute atomic E-state index is 6.09. The summed E-state index contributed by atoms with van der Waals surface area (Å²) < 4.78 is 0. The molecule has 2 nitrogen and oxygen atoms in total. The van der Waals surface area contributed by atoms with Gasteiger partial charge in [0.25, 0.3) is 0 Å². The molecule has 0 bridgehead atoms. The lowest BCUT2D eigenvalue weighted by atomic mass is 10.1. The maximum Gasteiger partial charge on any atom is 0.0627 e. The van der Waals surface area contributed by atoms with Gasteiger partial charge in [0.05, 0.1) is 11.4 Å². The number of benzene rings is 2. The highest BCUT2D eigenvalue weighted by Gasteiger charge is 2.08. The Morgan fingerprint density at radius 2 is 1.65 bits per heavy atom. The highest BCUT2D eigenvalue weighted by molar-refractivity contribution is 5.71. The zero-order chi connectivity index (χ0) is 14.5. The fraction of sp³-hybridized carbons (Fsp3) is 0.333. The number of nitrogens with two attached hydrogens (primary N) is 1. The van der Waals surface area contributed by atoms with Crippen LogP contribution in [0.15, 0.2) is 42.5 Å². The third kappa shape index (κ3) is 3.32. The standard InChI is InChI=1S/C18H24N2/c1-4-15-8-10-16(11-9-15)12-13-20(3)18-14(2)6-5-7-17(18)19/h5-11H,4,12-13,19H2,1-3H3. The van der Waals surface area contributed by atoms with Crippen LogP contribution in [0.25, 0.3) is 0 Å². The first-order valence-corrected chi connectivity index (χ1v) is 7.26. The Hall–Kier alpha value is -1.96. The summed E-state index contributed by atoms with van der Waals surface area (Å²) in [5.41, 5.74) is 12.1. The van der Waals surface area contributed by atoms with E-state index in [9.17, 15) is 0 Å². The molecule has 106 valence electrons. The smallest absolute Gasteiger partial charge is 0.0627 e. The van der Waals surface area contributed by atoms with Gasteiger partial charge in [-0.2, -0.15) is 0 Å². The maximum atomic E-state index is 6.09. The molecule has 2 rings (SSSR count). The molecule has 0 aliphatic carbocycles. The van der Waals surface area contributed by atoms with E-state index in [4.69, 9.17) is 5.73 Å². The van der Waals surface area contributed by atoms with Crippen LogP contribution in [-0.4, -0.2) is 13.6 Å². The van der Waals surface area contributed by atoms with Crippen molar-refractivity contribution in [2.24, 2.45) is 0 Å². The van der Waals surface area contributed by atoms with Crippen LogP contribution < -0.4 is 10.6 Å². The number of nitrogen functional groups attached to an aromatic ring is 1. The summed E-state index contributed by atoms with van der Waals surface area (Å²) in [5.74, 6) is 0. The van der Waals surface area contributed by atoms with Gasteiger partial charge in [-0.25, -0.2) is 0 Å². The van der Waals surface area contributed by atoms with Gasteiger partial charge in [-0.05, 0) is 42.5 Å². The van der Waals surface area contributed by atoms with E-state index in [1.807, 2.05) is 12.1 Å². The second-order valence-electron chi connectivity index (χ2n) is 5.35. The van der Waals surface area contributed by atoms with E-state index in [0.29, 0.717) is 0 Å². The van der Waals surface area contributed by atoms with Gasteiger partial charge in [0, 0.05) is 13.6 Å². The minimum Gasteiger partial charge on any atom is -0.397 e. The highest BCUT2D eigenvalue weighted by atomic mass is 15.1. The molecule has 2 heteroatoms. The molecule has 0 radical (unpaired) electrons. The van der Waals surface area contributed by atoms with Crippen molar-refractivity contribution in [3.8, 4) is 0 Å². The van der Waals surface area contributed by atoms with Crippen molar-refractivity contribution in [3.05, 3.63) is 59.2 Å². The predicted molar refractivity (Wildman–Crippen MR) is 88.4 cm³/mol. The SMILES string of the molecule is CCc1ccc(CCN(C)c2c(C)cccc2N)cc1. The first-order valence-electron chi connectivity index (χ1n) is 7.26. The number of rotatable bonds is 5. The second-order valence-corrected chi connectivity index (χ2v) is 5.35. The molecule has 0 aromatic heterocycles. The minimum absolute atomic E-state index is 0.855. The van der Waals surface area contributed by atoms with Crippen LogP contribution >= 0.6 is 0 Å². The second kappa shape index (κ2) is 6.47. The van der Waals surface area contributed by atoms with E-state index in [1.165, 1.54) is 16.7 Å². The summed E-state index contributed by atoms with van der Waals surface area (Å²) in [6, 6.07) is 15.0. The highest BCUT2D eigenvalue weighted by Crippen LogP contribution is 2.26. The monoisotopic (exact) mass is 268 g/mol. The largest absolute Gasteiger partial charge is 0.397 e. The third-order valence-corrected chi connectivity index (χ3v) is 3.82. The molecule has 0 amide bonds. The van der Waals surface area contributed by atoms with Gasteiger partial charge in [0.15, 0.2) is 0 Å². The van der Waals surface area contributed by atoms with Gasteiger partial charge < -0.3 is 10.6 Å². The van der Waals surface area contributed by atoms with Gasteiger partial charge in [-0.15, -0.1) is 0 Å². The molecule has 0 saturated heterocycles. The summed E-state index contributed by atoms with van der Waals surface area (Å²) in [6.07, 6.45) is 2.13. The molecule has 0 aliphatic rings. The predicted octanol–water partition coefficient (Wildman–Crippen LogP) is 3.82. The molecule has 2 aromatic rings. The van der Waals surface area contributed by atoms with Crippen LogP contribution in [0, 0.1) is 6.92 Å². The van der Waals surface area contributed by atoms with E-state index in [2.05, 4.69) is 56.1 Å². The Morgan fingerprint density at radius 3 is 2.25 bits per heavy atom. The molecule has 2 N–H and O–H groups in total. The lowest BCUT2D eigenvalue weighted by Gasteiger charge is -2.23. The number of anilines is 2. The molecular formula is C18H24N2. The van der Waals surface area contributed by atoms with Crippen molar-refractivity contribution >= 4 is 11.4 Å². The van der Waals surface area contributed by atoms with Crippen molar-refractivity contribution < 1.29 is 0 Å². The molecule has 2 aromatic carbocycles.